The minimum absolute atomic E-state index is 0.0473. The van der Waals surface area contributed by atoms with E-state index in [1.807, 2.05) is 12.1 Å². The summed E-state index contributed by atoms with van der Waals surface area (Å²) < 4.78 is 11.2. The highest BCUT2D eigenvalue weighted by atomic mass is 16.5. The fourth-order valence-corrected chi connectivity index (χ4v) is 4.04. The average molecular weight is 367 g/mol. The highest BCUT2D eigenvalue weighted by Gasteiger charge is 2.43. The fraction of sp³-hybridized carbons (Fsp3) is 0.429. The van der Waals surface area contributed by atoms with Crippen molar-refractivity contribution in [3.8, 4) is 5.75 Å². The van der Waals surface area contributed by atoms with E-state index in [-0.39, 0.29) is 12.0 Å². The number of rotatable bonds is 6. The molecule has 6 heteroatoms. The fourth-order valence-electron chi connectivity index (χ4n) is 4.04. The Bertz CT molecular complexity index is 766. The summed E-state index contributed by atoms with van der Waals surface area (Å²) in [6.45, 7) is 4.25. The Morgan fingerprint density at radius 2 is 2.00 bits per heavy atom. The van der Waals surface area contributed by atoms with Crippen LogP contribution in [0.4, 0.5) is 0 Å². The van der Waals surface area contributed by atoms with Crippen LogP contribution in [0.15, 0.2) is 48.8 Å². The van der Waals surface area contributed by atoms with Crippen molar-refractivity contribution >= 4 is 5.91 Å². The smallest absolute Gasteiger partial charge is 0.251 e. The van der Waals surface area contributed by atoms with Crippen LogP contribution < -0.4 is 10.1 Å². The molecular weight excluding hydrogens is 342 g/mol. The van der Waals surface area contributed by atoms with Gasteiger partial charge >= 0.3 is 0 Å². The third-order valence-electron chi connectivity index (χ3n) is 5.55. The Morgan fingerprint density at radius 1 is 1.22 bits per heavy atom. The molecule has 1 aromatic heterocycles. The maximum Gasteiger partial charge on any atom is 0.251 e. The number of pyridine rings is 1. The first-order valence-corrected chi connectivity index (χ1v) is 9.38. The summed E-state index contributed by atoms with van der Waals surface area (Å²) >= 11 is 0. The van der Waals surface area contributed by atoms with Crippen molar-refractivity contribution in [1.29, 1.82) is 0 Å². The number of ether oxygens (including phenoxy) is 2. The molecule has 0 aliphatic carbocycles. The van der Waals surface area contributed by atoms with Gasteiger partial charge in [0.05, 0.1) is 19.8 Å². The number of likely N-dealkylation sites (tertiary alicyclic amines) is 1. The van der Waals surface area contributed by atoms with Gasteiger partial charge in [-0.1, -0.05) is 12.1 Å². The summed E-state index contributed by atoms with van der Waals surface area (Å²) in [6.07, 6.45) is 3.54. The summed E-state index contributed by atoms with van der Waals surface area (Å²) in [6, 6.07) is 11.7. The number of amides is 1. The van der Waals surface area contributed by atoms with Crippen LogP contribution in [0.2, 0.25) is 0 Å². The molecule has 4 rings (SSSR count). The number of hydrogen-bond acceptors (Lipinski definition) is 5. The summed E-state index contributed by atoms with van der Waals surface area (Å²) in [5, 5.41) is 3.05. The minimum Gasteiger partial charge on any atom is -0.497 e. The second-order valence-corrected chi connectivity index (χ2v) is 7.28. The van der Waals surface area contributed by atoms with E-state index < -0.39 is 0 Å². The van der Waals surface area contributed by atoms with Crippen molar-refractivity contribution in [3.05, 3.63) is 59.9 Å². The second kappa shape index (κ2) is 8.06. The Labute approximate surface area is 159 Å². The van der Waals surface area contributed by atoms with Crippen LogP contribution in [0.3, 0.4) is 0 Å². The van der Waals surface area contributed by atoms with E-state index in [9.17, 15) is 4.79 Å². The summed E-state index contributed by atoms with van der Waals surface area (Å²) in [5.41, 5.74) is 1.92. The van der Waals surface area contributed by atoms with Crippen LogP contribution in [0.25, 0.3) is 0 Å². The molecule has 3 heterocycles. The number of carbonyl (C=O) groups excluding carboxylic acids is 1. The van der Waals surface area contributed by atoms with Gasteiger partial charge in [0.1, 0.15) is 5.75 Å². The molecule has 0 saturated carbocycles. The molecule has 1 amide bonds. The van der Waals surface area contributed by atoms with Gasteiger partial charge in [-0.2, -0.15) is 0 Å². The predicted molar refractivity (Wildman–Crippen MR) is 102 cm³/mol. The van der Waals surface area contributed by atoms with Crippen molar-refractivity contribution in [3.63, 3.8) is 0 Å². The van der Waals surface area contributed by atoms with Crippen molar-refractivity contribution in [2.75, 3.05) is 33.4 Å². The van der Waals surface area contributed by atoms with E-state index in [1.54, 1.807) is 31.6 Å². The average Bonchev–Trinajstić information content (AvgIpc) is 3.28. The normalized spacial score (nSPS) is 24.6. The summed E-state index contributed by atoms with van der Waals surface area (Å²) in [7, 11) is 1.68. The Balaban J connectivity index is 1.29. The van der Waals surface area contributed by atoms with Gasteiger partial charge in [-0.25, -0.2) is 0 Å². The molecule has 0 unspecified atom stereocenters. The zero-order valence-corrected chi connectivity index (χ0v) is 15.5. The maximum absolute atomic E-state index is 12.3. The molecule has 0 spiro atoms. The van der Waals surface area contributed by atoms with Gasteiger partial charge in [0, 0.05) is 56.0 Å². The first kappa shape index (κ1) is 17.9. The zero-order chi connectivity index (χ0) is 18.6. The lowest BCUT2D eigenvalue weighted by atomic mass is 9.93. The SMILES string of the molecule is COc1ccc(CN2C[C@@H]3[C@H](CNC(=O)c4ccncc4)CO[C@@H]3C2)cc1. The van der Waals surface area contributed by atoms with E-state index in [0.717, 1.165) is 32.0 Å². The number of hydrogen-bond donors (Lipinski definition) is 1. The first-order chi connectivity index (χ1) is 13.2. The lowest BCUT2D eigenvalue weighted by Gasteiger charge is -2.20. The summed E-state index contributed by atoms with van der Waals surface area (Å²) in [4.78, 5) is 18.6. The lowest BCUT2D eigenvalue weighted by Crippen LogP contribution is -2.34. The molecule has 2 saturated heterocycles. The molecule has 1 aromatic carbocycles. The van der Waals surface area contributed by atoms with Crippen molar-refractivity contribution in [2.45, 2.75) is 12.6 Å². The molecule has 3 atom stereocenters. The number of aromatic nitrogens is 1. The number of nitrogens with zero attached hydrogens (tertiary/aromatic N) is 2. The third kappa shape index (κ3) is 4.12. The maximum atomic E-state index is 12.3. The third-order valence-corrected chi connectivity index (χ3v) is 5.55. The topological polar surface area (TPSA) is 63.7 Å². The van der Waals surface area contributed by atoms with Crippen molar-refractivity contribution in [2.24, 2.45) is 11.8 Å². The standard InChI is InChI=1S/C21H25N3O3/c1-26-18-4-2-15(3-5-18)11-24-12-19-17(14-27-20(19)13-24)10-23-21(25)16-6-8-22-9-7-16/h2-9,17,19-20H,10-14H2,1H3,(H,23,25)/t17-,19-,20-/m1/s1. The van der Waals surface area contributed by atoms with Crippen LogP contribution in [-0.4, -0.2) is 55.2 Å². The second-order valence-electron chi connectivity index (χ2n) is 7.28. The van der Waals surface area contributed by atoms with Gasteiger partial charge in [0.15, 0.2) is 0 Å². The van der Waals surface area contributed by atoms with E-state index in [4.69, 9.17) is 9.47 Å². The number of fused-ring (bicyclic) bond motifs is 1. The van der Waals surface area contributed by atoms with Crippen LogP contribution in [0, 0.1) is 11.8 Å². The zero-order valence-electron chi connectivity index (χ0n) is 15.5. The number of nitrogens with one attached hydrogen (secondary N) is 1. The quantitative estimate of drug-likeness (QED) is 0.846. The monoisotopic (exact) mass is 367 g/mol. The van der Waals surface area contributed by atoms with E-state index in [1.165, 1.54) is 5.56 Å². The first-order valence-electron chi connectivity index (χ1n) is 9.38. The Hall–Kier alpha value is -2.44. The van der Waals surface area contributed by atoms with Gasteiger partial charge in [0.25, 0.3) is 5.91 Å². The van der Waals surface area contributed by atoms with Gasteiger partial charge in [-0.3, -0.25) is 14.7 Å². The van der Waals surface area contributed by atoms with Crippen LogP contribution >= 0.6 is 0 Å². The van der Waals surface area contributed by atoms with Crippen LogP contribution in [-0.2, 0) is 11.3 Å². The molecule has 6 nitrogen and oxygen atoms in total. The molecule has 142 valence electrons. The molecule has 0 radical (unpaired) electrons. The van der Waals surface area contributed by atoms with Crippen LogP contribution in [0.1, 0.15) is 15.9 Å². The summed E-state index contributed by atoms with van der Waals surface area (Å²) in [5.74, 6) is 1.67. The van der Waals surface area contributed by atoms with Gasteiger partial charge in [-0.05, 0) is 29.8 Å². The van der Waals surface area contributed by atoms with Crippen molar-refractivity contribution < 1.29 is 14.3 Å². The highest BCUT2D eigenvalue weighted by molar-refractivity contribution is 5.93. The van der Waals surface area contributed by atoms with E-state index >= 15 is 0 Å². The molecule has 2 fully saturated rings. The lowest BCUT2D eigenvalue weighted by molar-refractivity contribution is 0.0903. The van der Waals surface area contributed by atoms with Crippen molar-refractivity contribution in [1.82, 2.24) is 15.2 Å². The van der Waals surface area contributed by atoms with Gasteiger partial charge in [0.2, 0.25) is 0 Å². The Morgan fingerprint density at radius 3 is 2.74 bits per heavy atom. The van der Waals surface area contributed by atoms with Crippen LogP contribution in [0.5, 0.6) is 5.75 Å². The molecule has 2 aromatic rings. The van der Waals surface area contributed by atoms with Gasteiger partial charge in [-0.15, -0.1) is 0 Å². The van der Waals surface area contributed by atoms with Gasteiger partial charge < -0.3 is 14.8 Å². The molecule has 2 aliphatic rings. The molecule has 27 heavy (non-hydrogen) atoms. The van der Waals surface area contributed by atoms with E-state index in [0.29, 0.717) is 23.9 Å². The molecule has 1 N–H and O–H groups in total. The Kier molecular flexibility index (Phi) is 5.36. The molecule has 2 aliphatic heterocycles. The predicted octanol–water partition coefficient (Wildman–Crippen LogP) is 1.97. The largest absolute Gasteiger partial charge is 0.497 e. The molecule has 0 bridgehead atoms. The number of carbonyl (C=O) groups is 1. The number of benzene rings is 1. The molecular formula is C21H25N3O3. The van der Waals surface area contributed by atoms with E-state index in [2.05, 4.69) is 27.3 Å². The highest BCUT2D eigenvalue weighted by Crippen LogP contribution is 2.34. The minimum atomic E-state index is -0.0473. The number of methoxy groups -OCH3 is 1.